The number of rotatable bonds is 4. The molecular formula is C12H12N6OS. The topological polar surface area (TPSA) is 96.5 Å². The molecule has 0 aliphatic rings. The van der Waals surface area contributed by atoms with Gasteiger partial charge in [0.2, 0.25) is 11.1 Å². The number of amides is 1. The first kappa shape index (κ1) is 14.0. The molecule has 1 amide bonds. The van der Waals surface area contributed by atoms with Gasteiger partial charge in [-0.1, -0.05) is 17.8 Å². The number of carbonyl (C=O) groups excluding carboxylic acids is 1. The lowest BCUT2D eigenvalue weighted by Gasteiger charge is -2.10. The second kappa shape index (κ2) is 6.16. The zero-order valence-corrected chi connectivity index (χ0v) is 11.8. The monoisotopic (exact) mass is 288 g/mol. The summed E-state index contributed by atoms with van der Waals surface area (Å²) in [6.45, 7) is 1.77. The van der Waals surface area contributed by atoms with Gasteiger partial charge in [-0.15, -0.1) is 5.10 Å². The molecule has 0 saturated heterocycles. The Morgan fingerprint density at radius 1 is 1.55 bits per heavy atom. The molecule has 2 rings (SSSR count). The smallest absolute Gasteiger partial charge is 0.237 e. The van der Waals surface area contributed by atoms with Gasteiger partial charge in [-0.3, -0.25) is 4.79 Å². The van der Waals surface area contributed by atoms with Gasteiger partial charge in [-0.05, 0) is 35.5 Å². The van der Waals surface area contributed by atoms with Crippen LogP contribution in [0, 0.1) is 11.3 Å². The Kier molecular flexibility index (Phi) is 4.32. The molecule has 0 aliphatic carbocycles. The van der Waals surface area contributed by atoms with Crippen LogP contribution in [0.25, 0.3) is 0 Å². The summed E-state index contributed by atoms with van der Waals surface area (Å²) in [5, 5.41) is 22.8. The number of carbonyl (C=O) groups is 1. The van der Waals surface area contributed by atoms with E-state index in [4.69, 9.17) is 5.26 Å². The largest absolute Gasteiger partial charge is 0.325 e. The van der Waals surface area contributed by atoms with E-state index < -0.39 is 0 Å². The van der Waals surface area contributed by atoms with Crippen molar-refractivity contribution in [3.63, 3.8) is 0 Å². The molecule has 1 N–H and O–H groups in total. The minimum Gasteiger partial charge on any atom is -0.325 e. The number of hydrogen-bond donors (Lipinski definition) is 1. The predicted octanol–water partition coefficient (Wildman–Crippen LogP) is 1.20. The summed E-state index contributed by atoms with van der Waals surface area (Å²) in [5.74, 6) is -0.173. The highest BCUT2D eigenvalue weighted by atomic mass is 32.2. The standard InChI is InChI=1S/C12H12N6OS/c1-8(20-12-15-16-17-18(12)2)11(19)14-10-5-3-4-9(6-10)7-13/h3-6,8H,1-2H3,(H,14,19). The fraction of sp³-hybridized carbons (Fsp3) is 0.250. The van der Waals surface area contributed by atoms with Crippen molar-refractivity contribution in [1.29, 1.82) is 5.26 Å². The van der Waals surface area contributed by atoms with Crippen LogP contribution in [0.4, 0.5) is 5.69 Å². The summed E-state index contributed by atoms with van der Waals surface area (Å²) in [5.41, 5.74) is 1.10. The lowest BCUT2D eigenvalue weighted by molar-refractivity contribution is -0.115. The Bertz CT molecular complexity index is 662. The summed E-state index contributed by atoms with van der Waals surface area (Å²) in [7, 11) is 1.71. The van der Waals surface area contributed by atoms with Gasteiger partial charge in [0.05, 0.1) is 16.9 Å². The van der Waals surface area contributed by atoms with E-state index in [9.17, 15) is 4.79 Å². The third-order valence-electron chi connectivity index (χ3n) is 2.49. The molecule has 1 heterocycles. The average molecular weight is 288 g/mol. The van der Waals surface area contributed by atoms with Gasteiger partial charge < -0.3 is 5.32 Å². The third kappa shape index (κ3) is 3.33. The molecule has 0 radical (unpaired) electrons. The fourth-order valence-corrected chi connectivity index (χ4v) is 2.20. The number of nitrogens with one attached hydrogen (secondary N) is 1. The van der Waals surface area contributed by atoms with Crippen molar-refractivity contribution >= 4 is 23.4 Å². The van der Waals surface area contributed by atoms with Crippen LogP contribution in [0.15, 0.2) is 29.4 Å². The molecule has 1 aromatic heterocycles. The Balaban J connectivity index is 2.01. The molecule has 102 valence electrons. The minimum absolute atomic E-state index is 0.173. The van der Waals surface area contributed by atoms with Crippen LogP contribution in [-0.4, -0.2) is 31.4 Å². The molecule has 0 spiro atoms. The van der Waals surface area contributed by atoms with Crippen LogP contribution in [0.2, 0.25) is 0 Å². The van der Waals surface area contributed by atoms with Crippen molar-refractivity contribution in [1.82, 2.24) is 20.2 Å². The van der Waals surface area contributed by atoms with E-state index >= 15 is 0 Å². The minimum atomic E-state index is -0.356. The Morgan fingerprint density at radius 2 is 2.35 bits per heavy atom. The highest BCUT2D eigenvalue weighted by Gasteiger charge is 2.17. The lowest BCUT2D eigenvalue weighted by atomic mass is 10.2. The van der Waals surface area contributed by atoms with Crippen LogP contribution in [0.3, 0.4) is 0 Å². The van der Waals surface area contributed by atoms with Crippen LogP contribution in [0.5, 0.6) is 0 Å². The normalized spacial score (nSPS) is 11.7. The quantitative estimate of drug-likeness (QED) is 0.849. The van der Waals surface area contributed by atoms with Crippen LogP contribution in [0.1, 0.15) is 12.5 Å². The summed E-state index contributed by atoms with van der Waals surface area (Å²) in [6, 6.07) is 8.79. The van der Waals surface area contributed by atoms with E-state index in [1.54, 1.807) is 38.2 Å². The van der Waals surface area contributed by atoms with Crippen LogP contribution >= 0.6 is 11.8 Å². The second-order valence-electron chi connectivity index (χ2n) is 4.03. The number of nitriles is 1. The number of tetrazole rings is 1. The molecule has 0 fully saturated rings. The summed E-state index contributed by atoms with van der Waals surface area (Å²) in [6.07, 6.45) is 0. The number of nitrogens with zero attached hydrogens (tertiary/aromatic N) is 5. The van der Waals surface area contributed by atoms with Gasteiger partial charge in [0.1, 0.15) is 0 Å². The maximum Gasteiger partial charge on any atom is 0.237 e. The third-order valence-corrected chi connectivity index (χ3v) is 3.62. The Hall–Kier alpha value is -2.40. The lowest BCUT2D eigenvalue weighted by Crippen LogP contribution is -2.22. The van der Waals surface area contributed by atoms with Gasteiger partial charge in [0, 0.05) is 12.7 Å². The van der Waals surface area contributed by atoms with Crippen molar-refractivity contribution < 1.29 is 4.79 Å². The average Bonchev–Trinajstić information content (AvgIpc) is 2.84. The SMILES string of the molecule is CC(Sc1nnnn1C)C(=O)Nc1cccc(C#N)c1. The van der Waals surface area contributed by atoms with Gasteiger partial charge >= 0.3 is 0 Å². The second-order valence-corrected chi connectivity index (χ2v) is 5.33. The highest BCUT2D eigenvalue weighted by molar-refractivity contribution is 8.00. The van der Waals surface area contributed by atoms with Crippen molar-refractivity contribution in [2.45, 2.75) is 17.3 Å². The number of aromatic nitrogens is 4. The van der Waals surface area contributed by atoms with Crippen molar-refractivity contribution in [3.05, 3.63) is 29.8 Å². The molecule has 1 unspecified atom stereocenters. The summed E-state index contributed by atoms with van der Waals surface area (Å²) in [4.78, 5) is 12.1. The van der Waals surface area contributed by atoms with Crippen molar-refractivity contribution in [2.75, 3.05) is 5.32 Å². The zero-order chi connectivity index (χ0) is 14.5. The Morgan fingerprint density at radius 3 is 3.00 bits per heavy atom. The molecule has 1 atom stereocenters. The van der Waals surface area contributed by atoms with E-state index in [0.717, 1.165) is 0 Å². The molecule has 20 heavy (non-hydrogen) atoms. The van der Waals surface area contributed by atoms with Gasteiger partial charge in [0.25, 0.3) is 0 Å². The molecule has 7 nitrogen and oxygen atoms in total. The number of aryl methyl sites for hydroxylation is 1. The van der Waals surface area contributed by atoms with Gasteiger partial charge in [-0.25, -0.2) is 4.68 Å². The van der Waals surface area contributed by atoms with E-state index in [-0.39, 0.29) is 11.2 Å². The maximum absolute atomic E-state index is 12.1. The fourth-order valence-electron chi connectivity index (χ4n) is 1.44. The molecule has 0 saturated carbocycles. The molecule has 1 aromatic carbocycles. The number of anilines is 1. The number of benzene rings is 1. The predicted molar refractivity (Wildman–Crippen MR) is 73.9 cm³/mol. The van der Waals surface area contributed by atoms with Crippen molar-refractivity contribution in [2.24, 2.45) is 7.05 Å². The van der Waals surface area contributed by atoms with Gasteiger partial charge in [-0.2, -0.15) is 5.26 Å². The molecular weight excluding hydrogens is 276 g/mol. The zero-order valence-electron chi connectivity index (χ0n) is 10.9. The van der Waals surface area contributed by atoms with E-state index in [2.05, 4.69) is 20.8 Å². The number of hydrogen-bond acceptors (Lipinski definition) is 6. The first-order chi connectivity index (χ1) is 9.60. The van der Waals surface area contributed by atoms with E-state index in [1.165, 1.54) is 16.4 Å². The Labute approximate surface area is 120 Å². The molecule has 8 heteroatoms. The van der Waals surface area contributed by atoms with Crippen LogP contribution in [-0.2, 0) is 11.8 Å². The van der Waals surface area contributed by atoms with Crippen molar-refractivity contribution in [3.8, 4) is 6.07 Å². The highest BCUT2D eigenvalue weighted by Crippen LogP contribution is 2.21. The van der Waals surface area contributed by atoms with E-state index in [0.29, 0.717) is 16.4 Å². The van der Waals surface area contributed by atoms with Crippen LogP contribution < -0.4 is 5.32 Å². The maximum atomic E-state index is 12.1. The summed E-state index contributed by atoms with van der Waals surface area (Å²) < 4.78 is 1.50. The molecule has 2 aromatic rings. The molecule has 0 bridgehead atoms. The first-order valence-electron chi connectivity index (χ1n) is 5.80. The van der Waals surface area contributed by atoms with E-state index in [1.807, 2.05) is 6.07 Å². The number of thioether (sulfide) groups is 1. The van der Waals surface area contributed by atoms with Gasteiger partial charge in [0.15, 0.2) is 0 Å². The first-order valence-corrected chi connectivity index (χ1v) is 6.68. The molecule has 0 aliphatic heterocycles. The summed E-state index contributed by atoms with van der Waals surface area (Å²) >= 11 is 1.26.